The molecule has 34 heavy (non-hydrogen) atoms. The van der Waals surface area contributed by atoms with Gasteiger partial charge in [0.1, 0.15) is 17.8 Å². The van der Waals surface area contributed by atoms with Gasteiger partial charge in [0, 0.05) is 5.02 Å². The number of urea groups is 1. The number of aryl methyl sites for hydroxylation is 1. The van der Waals surface area contributed by atoms with Gasteiger partial charge in [-0.05, 0) is 55.3 Å². The van der Waals surface area contributed by atoms with Gasteiger partial charge in [0.2, 0.25) is 5.91 Å². The van der Waals surface area contributed by atoms with Crippen LogP contribution >= 0.6 is 11.6 Å². The number of halogens is 1. The SMILES string of the molecule is CCC1(c2ccc(Cl)cc2)NC(=O)N(CC(=O)Nc2ccccc2Oc2ccc(C)cc2)C1=O. The van der Waals surface area contributed by atoms with Crippen molar-refractivity contribution in [2.45, 2.75) is 25.8 Å². The molecule has 0 spiro atoms. The summed E-state index contributed by atoms with van der Waals surface area (Å²) in [5.41, 5.74) is 0.898. The molecule has 0 bridgehead atoms. The molecule has 0 aliphatic carbocycles. The second-order valence-corrected chi connectivity index (χ2v) is 8.48. The molecule has 0 radical (unpaired) electrons. The Labute approximate surface area is 202 Å². The van der Waals surface area contributed by atoms with E-state index in [0.29, 0.717) is 34.2 Å². The van der Waals surface area contributed by atoms with E-state index in [4.69, 9.17) is 16.3 Å². The van der Waals surface area contributed by atoms with Gasteiger partial charge in [0.15, 0.2) is 5.75 Å². The number of rotatable bonds is 7. The lowest BCUT2D eigenvalue weighted by Gasteiger charge is -2.25. The maximum absolute atomic E-state index is 13.3. The van der Waals surface area contributed by atoms with E-state index >= 15 is 0 Å². The van der Waals surface area contributed by atoms with Crippen LogP contribution in [0.2, 0.25) is 5.02 Å². The fourth-order valence-corrected chi connectivity index (χ4v) is 4.00. The summed E-state index contributed by atoms with van der Waals surface area (Å²) in [6.45, 7) is 3.35. The molecule has 1 heterocycles. The number of nitrogens with zero attached hydrogens (tertiary/aromatic N) is 1. The number of benzene rings is 3. The van der Waals surface area contributed by atoms with Gasteiger partial charge in [-0.15, -0.1) is 0 Å². The Morgan fingerprint density at radius 3 is 2.38 bits per heavy atom. The Morgan fingerprint density at radius 1 is 1.03 bits per heavy atom. The number of imide groups is 1. The molecule has 1 fully saturated rings. The molecule has 1 aliphatic heterocycles. The first-order valence-corrected chi connectivity index (χ1v) is 11.2. The zero-order valence-electron chi connectivity index (χ0n) is 18.8. The molecule has 1 atom stereocenters. The van der Waals surface area contributed by atoms with Crippen molar-refractivity contribution in [3.05, 3.63) is 88.9 Å². The van der Waals surface area contributed by atoms with E-state index < -0.39 is 29.9 Å². The number of carbonyl (C=O) groups is 3. The lowest BCUT2D eigenvalue weighted by molar-refractivity contribution is -0.134. The van der Waals surface area contributed by atoms with Crippen LogP contribution in [-0.4, -0.2) is 29.3 Å². The van der Waals surface area contributed by atoms with Crippen LogP contribution in [0.15, 0.2) is 72.8 Å². The van der Waals surface area contributed by atoms with E-state index in [2.05, 4.69) is 10.6 Å². The third-order valence-electron chi connectivity index (χ3n) is 5.75. The van der Waals surface area contributed by atoms with E-state index in [-0.39, 0.29) is 0 Å². The molecule has 1 aliphatic rings. The number of carbonyl (C=O) groups excluding carboxylic acids is 3. The van der Waals surface area contributed by atoms with E-state index in [1.807, 2.05) is 31.2 Å². The van der Waals surface area contributed by atoms with Crippen LogP contribution in [0.4, 0.5) is 10.5 Å². The minimum atomic E-state index is -1.24. The molecule has 4 amide bonds. The number of amides is 4. The summed E-state index contributed by atoms with van der Waals surface area (Å²) in [5, 5.41) is 6.03. The van der Waals surface area contributed by atoms with E-state index in [1.54, 1.807) is 55.5 Å². The van der Waals surface area contributed by atoms with Crippen LogP contribution in [-0.2, 0) is 15.1 Å². The number of anilines is 1. The highest BCUT2D eigenvalue weighted by Gasteiger charge is 2.51. The van der Waals surface area contributed by atoms with Gasteiger partial charge in [-0.1, -0.05) is 60.5 Å². The molecular formula is C26H24ClN3O4. The first-order valence-electron chi connectivity index (χ1n) is 10.9. The van der Waals surface area contributed by atoms with Crippen molar-refractivity contribution in [3.8, 4) is 11.5 Å². The summed E-state index contributed by atoms with van der Waals surface area (Å²) in [7, 11) is 0. The Kier molecular flexibility index (Phi) is 6.56. The zero-order chi connectivity index (χ0) is 24.3. The minimum Gasteiger partial charge on any atom is -0.455 e. The average Bonchev–Trinajstić information content (AvgIpc) is 3.07. The normalized spacial score (nSPS) is 17.4. The highest BCUT2D eigenvalue weighted by atomic mass is 35.5. The number of hydrogen-bond acceptors (Lipinski definition) is 4. The predicted octanol–water partition coefficient (Wildman–Crippen LogP) is 5.24. The zero-order valence-corrected chi connectivity index (χ0v) is 19.6. The van der Waals surface area contributed by atoms with Gasteiger partial charge in [0.25, 0.3) is 5.91 Å². The van der Waals surface area contributed by atoms with Crippen molar-refractivity contribution in [2.24, 2.45) is 0 Å². The van der Waals surface area contributed by atoms with Gasteiger partial charge in [-0.25, -0.2) is 4.79 Å². The van der Waals surface area contributed by atoms with Gasteiger partial charge in [0.05, 0.1) is 5.69 Å². The molecule has 3 aromatic carbocycles. The molecule has 7 nitrogen and oxygen atoms in total. The van der Waals surface area contributed by atoms with E-state index in [1.165, 1.54) is 0 Å². The summed E-state index contributed by atoms with van der Waals surface area (Å²) >= 11 is 5.97. The first-order chi connectivity index (χ1) is 16.3. The van der Waals surface area contributed by atoms with Crippen molar-refractivity contribution in [1.29, 1.82) is 0 Å². The Hall–Kier alpha value is -3.84. The van der Waals surface area contributed by atoms with Gasteiger partial charge in [-0.3, -0.25) is 14.5 Å². The standard InChI is InChI=1S/C26H24ClN3O4/c1-3-26(18-10-12-19(27)13-11-18)24(32)30(25(33)29-26)16-23(31)28-21-6-4-5-7-22(21)34-20-14-8-17(2)9-15-20/h4-15H,3,16H2,1-2H3,(H,28,31)(H,29,33). The van der Waals surface area contributed by atoms with Crippen molar-refractivity contribution in [2.75, 3.05) is 11.9 Å². The molecule has 2 N–H and O–H groups in total. The third-order valence-corrected chi connectivity index (χ3v) is 6.01. The minimum absolute atomic E-state index is 0.324. The molecule has 1 saturated heterocycles. The van der Waals surface area contributed by atoms with E-state index in [9.17, 15) is 14.4 Å². The van der Waals surface area contributed by atoms with Crippen molar-refractivity contribution in [1.82, 2.24) is 10.2 Å². The molecule has 8 heteroatoms. The molecule has 0 aromatic heterocycles. The molecule has 1 unspecified atom stereocenters. The molecule has 3 aromatic rings. The fourth-order valence-electron chi connectivity index (χ4n) is 3.87. The number of ether oxygens (including phenoxy) is 1. The summed E-state index contributed by atoms with van der Waals surface area (Å²) < 4.78 is 5.91. The lowest BCUT2D eigenvalue weighted by atomic mass is 9.87. The smallest absolute Gasteiger partial charge is 0.325 e. The Bertz CT molecular complexity index is 1230. The van der Waals surface area contributed by atoms with Crippen molar-refractivity contribution < 1.29 is 19.1 Å². The fraction of sp³-hybridized carbons (Fsp3) is 0.192. The summed E-state index contributed by atoms with van der Waals surface area (Å²) in [6.07, 6.45) is 0.324. The second-order valence-electron chi connectivity index (χ2n) is 8.05. The summed E-state index contributed by atoms with van der Waals surface area (Å²) in [4.78, 5) is 39.7. The van der Waals surface area contributed by atoms with Crippen LogP contribution in [0.5, 0.6) is 11.5 Å². The summed E-state index contributed by atoms with van der Waals surface area (Å²) in [5.74, 6) is 0.0613. The molecule has 0 saturated carbocycles. The van der Waals surface area contributed by atoms with Crippen molar-refractivity contribution in [3.63, 3.8) is 0 Å². The average molecular weight is 478 g/mol. The van der Waals surface area contributed by atoms with Gasteiger partial charge in [-0.2, -0.15) is 0 Å². The third kappa shape index (κ3) is 4.61. The van der Waals surface area contributed by atoms with Crippen LogP contribution in [0.3, 0.4) is 0 Å². The predicted molar refractivity (Wildman–Crippen MR) is 130 cm³/mol. The molecule has 4 rings (SSSR count). The Morgan fingerprint density at radius 2 is 1.71 bits per heavy atom. The van der Waals surface area contributed by atoms with Crippen molar-refractivity contribution >= 4 is 35.1 Å². The maximum Gasteiger partial charge on any atom is 0.325 e. The van der Waals surface area contributed by atoms with Gasteiger partial charge >= 0.3 is 6.03 Å². The number of hydrogen-bond donors (Lipinski definition) is 2. The number of para-hydroxylation sites is 2. The summed E-state index contributed by atoms with van der Waals surface area (Å²) in [6, 6.07) is 20.6. The first kappa shape index (κ1) is 23.3. The number of nitrogens with one attached hydrogen (secondary N) is 2. The highest BCUT2D eigenvalue weighted by Crippen LogP contribution is 2.33. The van der Waals surface area contributed by atoms with Crippen LogP contribution in [0.25, 0.3) is 0 Å². The molecular weight excluding hydrogens is 454 g/mol. The van der Waals surface area contributed by atoms with Crippen LogP contribution < -0.4 is 15.4 Å². The Balaban J connectivity index is 1.49. The van der Waals surface area contributed by atoms with Crippen LogP contribution in [0.1, 0.15) is 24.5 Å². The topological polar surface area (TPSA) is 87.7 Å². The highest BCUT2D eigenvalue weighted by molar-refractivity contribution is 6.30. The van der Waals surface area contributed by atoms with Crippen LogP contribution in [0, 0.1) is 6.92 Å². The molecule has 174 valence electrons. The second kappa shape index (κ2) is 9.57. The lowest BCUT2D eigenvalue weighted by Crippen LogP contribution is -2.44. The van der Waals surface area contributed by atoms with Gasteiger partial charge < -0.3 is 15.4 Å². The van der Waals surface area contributed by atoms with E-state index in [0.717, 1.165) is 10.5 Å². The largest absolute Gasteiger partial charge is 0.455 e. The quantitative estimate of drug-likeness (QED) is 0.456. The monoisotopic (exact) mass is 477 g/mol. The maximum atomic E-state index is 13.3.